The molecule has 0 aromatic heterocycles. The number of carbonyl (C=O) groups is 1. The van der Waals surface area contributed by atoms with Crippen LogP contribution in [0, 0.1) is 0 Å². The van der Waals surface area contributed by atoms with Crippen LogP contribution in [0.3, 0.4) is 0 Å². The number of allylic oxidation sites excluding steroid dienone is 23. The summed E-state index contributed by atoms with van der Waals surface area (Å²) in [5, 5.41) is 14.0. The molecule has 0 saturated heterocycles. The smallest absolute Gasteiger partial charge is 0.268 e. The maximum atomic E-state index is 13.0. The van der Waals surface area contributed by atoms with Crippen molar-refractivity contribution in [1.82, 2.24) is 5.32 Å². The lowest BCUT2D eigenvalue weighted by Crippen LogP contribution is -2.45. The highest BCUT2D eigenvalue weighted by atomic mass is 31.2. The number of nitrogens with one attached hydrogen (secondary N) is 1. The Morgan fingerprint density at radius 1 is 0.409 bits per heavy atom. The minimum Gasteiger partial charge on any atom is -0.756 e. The fraction of sp³-hybridized carbons (Fsp3) is 0.684. The monoisotopic (exact) mass is 1240 g/mol. The van der Waals surface area contributed by atoms with Gasteiger partial charge in [-0.1, -0.05) is 333 Å². The molecule has 0 saturated carbocycles. The standard InChI is InChI=1S/C79H137N2O6P/c1-6-8-10-12-14-16-18-20-22-24-26-28-30-32-34-35-36-37-38-39-40-41-42-43-44-45-47-49-51-53-55-57-59-61-63-65-67-69-71-73-79(83)80-77(76-87-88(84,85)86-75-74-81(3,4)5)78(82)72-70-68-66-64-62-60-58-56-54-52-50-48-46-33-31-29-27-25-23-21-19-17-15-13-11-9-7-2/h8,10,14,16,20,22,26,28,32,34,36-37,39-40,42-43,45,47,51,53,57,59,70,72,77-78,82H,6-7,9,11-13,15,17-19,21,23-25,27,29-31,33,35,38,41,44,46,48-50,52,54-56,58,60-69,71,73-76H2,1-5H3,(H-,80,83,84,85)/b10-8-,16-14-,22-20-,28-26-,34-32-,37-36-,40-39-,43-42-,47-45-,53-51-,59-57-,72-70+. The van der Waals surface area contributed by atoms with Gasteiger partial charge in [-0.3, -0.25) is 9.36 Å². The molecule has 504 valence electrons. The molecule has 8 nitrogen and oxygen atoms in total. The lowest BCUT2D eigenvalue weighted by atomic mass is 10.0. The molecule has 0 aliphatic rings. The second kappa shape index (κ2) is 67.8. The van der Waals surface area contributed by atoms with Crippen LogP contribution >= 0.6 is 7.82 Å². The minimum absolute atomic E-state index is 0.0121. The van der Waals surface area contributed by atoms with Gasteiger partial charge in [-0.15, -0.1) is 0 Å². The second-order valence-corrected chi connectivity index (χ2v) is 26.6. The Balaban J connectivity index is 4.18. The zero-order chi connectivity index (χ0) is 64.1. The van der Waals surface area contributed by atoms with Crippen molar-refractivity contribution in [3.63, 3.8) is 0 Å². The molecule has 0 bridgehead atoms. The highest BCUT2D eigenvalue weighted by Crippen LogP contribution is 2.38. The zero-order valence-electron chi connectivity index (χ0n) is 57.6. The molecule has 9 heteroatoms. The van der Waals surface area contributed by atoms with E-state index in [-0.39, 0.29) is 12.5 Å². The normalized spacial score (nSPS) is 14.5. The van der Waals surface area contributed by atoms with Crippen molar-refractivity contribution in [3.05, 3.63) is 146 Å². The van der Waals surface area contributed by atoms with Gasteiger partial charge in [0.25, 0.3) is 7.82 Å². The van der Waals surface area contributed by atoms with Crippen molar-refractivity contribution >= 4 is 13.7 Å². The molecule has 0 heterocycles. The third kappa shape index (κ3) is 69.8. The molecule has 0 rings (SSSR count). The Morgan fingerprint density at radius 2 is 0.693 bits per heavy atom. The second-order valence-electron chi connectivity index (χ2n) is 25.2. The SMILES string of the molecule is CC/C=C\C/C=C\C/C=C\C/C=C\C/C=C\C/C=C\C/C=C\C/C=C\C/C=C\C/C=C\C/C=C\CCCCCCCC(=O)NC(COP(=O)([O-])OCC[N+](C)(C)C)C(O)/C=C/CCCCCCCCCCCCCCCCCCCCCCCCCCC. The number of amides is 1. The molecule has 1 amide bonds. The topological polar surface area (TPSA) is 108 Å². The predicted molar refractivity (Wildman–Crippen MR) is 385 cm³/mol. The molecule has 3 atom stereocenters. The van der Waals surface area contributed by atoms with Crippen molar-refractivity contribution in [3.8, 4) is 0 Å². The van der Waals surface area contributed by atoms with Crippen molar-refractivity contribution in [2.45, 2.75) is 309 Å². The molecule has 0 aliphatic carbocycles. The summed E-state index contributed by atoms with van der Waals surface area (Å²) in [6.45, 7) is 4.53. The maximum absolute atomic E-state index is 13.0. The number of phosphoric ester groups is 1. The summed E-state index contributed by atoms with van der Waals surface area (Å²) in [5.74, 6) is -0.219. The fourth-order valence-corrected chi connectivity index (χ4v) is 10.7. The van der Waals surface area contributed by atoms with E-state index in [2.05, 4.69) is 153 Å². The van der Waals surface area contributed by atoms with Crippen LogP contribution in [0.15, 0.2) is 146 Å². The number of likely N-dealkylation sites (N-methyl/N-ethyl adjacent to an activating group) is 1. The molecular weight excluding hydrogens is 1100 g/mol. The summed E-state index contributed by atoms with van der Waals surface area (Å²) >= 11 is 0. The summed E-state index contributed by atoms with van der Waals surface area (Å²) < 4.78 is 23.5. The van der Waals surface area contributed by atoms with Gasteiger partial charge >= 0.3 is 0 Å². The predicted octanol–water partition coefficient (Wildman–Crippen LogP) is 22.9. The Kier molecular flexibility index (Phi) is 65.0. The molecule has 0 aliphatic heterocycles. The molecule has 0 radical (unpaired) electrons. The Bertz CT molecular complexity index is 1950. The van der Waals surface area contributed by atoms with Crippen molar-refractivity contribution in [2.75, 3.05) is 40.9 Å². The number of carbonyl (C=O) groups excluding carboxylic acids is 1. The fourth-order valence-electron chi connectivity index (χ4n) is 9.98. The molecule has 0 aromatic carbocycles. The van der Waals surface area contributed by atoms with Crippen LogP contribution in [-0.4, -0.2) is 68.5 Å². The van der Waals surface area contributed by atoms with E-state index in [4.69, 9.17) is 9.05 Å². The van der Waals surface area contributed by atoms with Crippen LogP contribution in [0.4, 0.5) is 0 Å². The third-order valence-electron chi connectivity index (χ3n) is 15.6. The van der Waals surface area contributed by atoms with Crippen LogP contribution in [0.1, 0.15) is 296 Å². The van der Waals surface area contributed by atoms with E-state index >= 15 is 0 Å². The van der Waals surface area contributed by atoms with Gasteiger partial charge in [-0.25, -0.2) is 0 Å². The first kappa shape index (κ1) is 84.4. The van der Waals surface area contributed by atoms with Gasteiger partial charge in [0, 0.05) is 6.42 Å². The summed E-state index contributed by atoms with van der Waals surface area (Å²) in [5.41, 5.74) is 0. The largest absolute Gasteiger partial charge is 0.756 e. The first-order valence-corrected chi connectivity index (χ1v) is 37.7. The molecule has 0 fully saturated rings. The summed E-state index contributed by atoms with van der Waals surface area (Å²) in [4.78, 5) is 25.6. The molecule has 3 unspecified atom stereocenters. The van der Waals surface area contributed by atoms with Crippen molar-refractivity contribution < 1.29 is 32.9 Å². The zero-order valence-corrected chi connectivity index (χ0v) is 58.5. The van der Waals surface area contributed by atoms with E-state index in [0.717, 1.165) is 128 Å². The third-order valence-corrected chi connectivity index (χ3v) is 16.5. The molecule has 2 N–H and O–H groups in total. The number of unbranched alkanes of at least 4 members (excludes halogenated alkanes) is 30. The van der Waals surface area contributed by atoms with Crippen LogP contribution in [0.5, 0.6) is 0 Å². The van der Waals surface area contributed by atoms with E-state index in [9.17, 15) is 19.4 Å². The van der Waals surface area contributed by atoms with Gasteiger partial charge in [0.1, 0.15) is 13.2 Å². The number of aliphatic hydroxyl groups is 1. The number of rotatable bonds is 65. The van der Waals surface area contributed by atoms with E-state index < -0.39 is 26.6 Å². The average Bonchev–Trinajstić information content (AvgIpc) is 3.70. The minimum atomic E-state index is -4.62. The lowest BCUT2D eigenvalue weighted by Gasteiger charge is -2.29. The van der Waals surface area contributed by atoms with E-state index in [0.29, 0.717) is 17.4 Å². The Hall–Kier alpha value is -3.62. The van der Waals surface area contributed by atoms with Gasteiger partial charge in [0.15, 0.2) is 0 Å². The first-order valence-electron chi connectivity index (χ1n) is 36.2. The highest BCUT2D eigenvalue weighted by Gasteiger charge is 2.23. The van der Waals surface area contributed by atoms with Gasteiger partial charge in [-0.05, 0) is 103 Å². The van der Waals surface area contributed by atoms with Crippen LogP contribution < -0.4 is 10.2 Å². The number of hydrogen-bond donors (Lipinski definition) is 2. The molecular formula is C79H137N2O6P. The molecule has 0 spiro atoms. The maximum Gasteiger partial charge on any atom is 0.268 e. The first-order chi connectivity index (χ1) is 43.0. The van der Waals surface area contributed by atoms with Crippen LogP contribution in [0.2, 0.25) is 0 Å². The molecule has 0 aromatic rings. The number of aliphatic hydroxyl groups excluding tert-OH is 1. The number of phosphoric acid groups is 1. The number of quaternary nitrogens is 1. The van der Waals surface area contributed by atoms with E-state index in [1.54, 1.807) is 6.08 Å². The summed E-state index contributed by atoms with van der Waals surface area (Å²) in [6.07, 6.45) is 104. The average molecular weight is 1240 g/mol. The summed E-state index contributed by atoms with van der Waals surface area (Å²) in [6, 6.07) is -0.910. The van der Waals surface area contributed by atoms with Gasteiger partial charge in [0.2, 0.25) is 5.91 Å². The van der Waals surface area contributed by atoms with Gasteiger partial charge in [0.05, 0.1) is 39.9 Å². The van der Waals surface area contributed by atoms with Crippen LogP contribution in [0.25, 0.3) is 0 Å². The lowest BCUT2D eigenvalue weighted by molar-refractivity contribution is -0.870. The number of nitrogens with zero attached hydrogens (tertiary/aromatic N) is 1. The van der Waals surface area contributed by atoms with Crippen LogP contribution in [-0.2, 0) is 18.4 Å². The van der Waals surface area contributed by atoms with Gasteiger partial charge < -0.3 is 28.8 Å². The Morgan fingerprint density at radius 3 is 1.01 bits per heavy atom. The van der Waals surface area contributed by atoms with Gasteiger partial charge in [-0.2, -0.15) is 0 Å². The highest BCUT2D eigenvalue weighted by molar-refractivity contribution is 7.45. The van der Waals surface area contributed by atoms with E-state index in [1.165, 1.54) is 148 Å². The molecule has 88 heavy (non-hydrogen) atoms. The number of hydrogen-bond acceptors (Lipinski definition) is 6. The van der Waals surface area contributed by atoms with Crippen molar-refractivity contribution in [2.24, 2.45) is 0 Å². The Labute approximate surface area is 544 Å². The summed E-state index contributed by atoms with van der Waals surface area (Å²) in [7, 11) is 1.23. The van der Waals surface area contributed by atoms with E-state index in [1.807, 2.05) is 27.2 Å². The quantitative estimate of drug-likeness (QED) is 0.0272. The van der Waals surface area contributed by atoms with Crippen molar-refractivity contribution in [1.29, 1.82) is 0 Å².